The molecule has 1 heterocycles. The average molecular weight is 198 g/mol. The summed E-state index contributed by atoms with van der Waals surface area (Å²) in [6.07, 6.45) is 0.552. The van der Waals surface area contributed by atoms with Gasteiger partial charge in [0.05, 0.1) is 6.67 Å². The number of hydrogen-bond donors (Lipinski definition) is 1. The molecule has 0 radical (unpaired) electrons. The van der Waals surface area contributed by atoms with Crippen LogP contribution in [-0.4, -0.2) is 13.2 Å². The summed E-state index contributed by atoms with van der Waals surface area (Å²) in [6.45, 7) is 1.14. The van der Waals surface area contributed by atoms with Gasteiger partial charge in [0.1, 0.15) is 10.9 Å². The number of nitrogens with one attached hydrogen (secondary N) is 1. The molecule has 0 atom stereocenters. The van der Waals surface area contributed by atoms with E-state index in [2.05, 4.69) is 11.4 Å². The lowest BCUT2D eigenvalue weighted by Crippen LogP contribution is -2.14. The molecular weight excluding hydrogens is 187 g/mol. The third kappa shape index (κ3) is 3.53. The van der Waals surface area contributed by atoms with E-state index in [0.717, 1.165) is 16.3 Å². The molecule has 0 aromatic carbocycles. The zero-order valence-corrected chi connectivity index (χ0v) is 8.03. The van der Waals surface area contributed by atoms with Crippen LogP contribution in [0.3, 0.4) is 0 Å². The second-order valence-electron chi connectivity index (χ2n) is 2.60. The number of nitrogens with zero attached hydrogens (tertiary/aromatic N) is 1. The zero-order valence-electron chi connectivity index (χ0n) is 7.22. The normalized spacial score (nSPS) is 9.85. The summed E-state index contributed by atoms with van der Waals surface area (Å²) in [7, 11) is 0. The summed E-state index contributed by atoms with van der Waals surface area (Å²) in [5, 5.41) is 11.7. The quantitative estimate of drug-likeness (QED) is 0.735. The van der Waals surface area contributed by atoms with Crippen molar-refractivity contribution in [2.45, 2.75) is 13.0 Å². The van der Waals surface area contributed by atoms with E-state index in [-0.39, 0.29) is 6.67 Å². The van der Waals surface area contributed by atoms with E-state index in [1.807, 2.05) is 6.07 Å². The predicted molar refractivity (Wildman–Crippen MR) is 51.3 cm³/mol. The second-order valence-corrected chi connectivity index (χ2v) is 3.77. The number of nitriles is 1. The summed E-state index contributed by atoms with van der Waals surface area (Å²) in [4.78, 5) is 1.85. The van der Waals surface area contributed by atoms with Crippen molar-refractivity contribution in [2.24, 2.45) is 0 Å². The Bertz CT molecular complexity index is 290. The molecule has 0 spiro atoms. The van der Waals surface area contributed by atoms with Gasteiger partial charge in [0, 0.05) is 11.4 Å². The first-order valence-electron chi connectivity index (χ1n) is 4.12. The van der Waals surface area contributed by atoms with Gasteiger partial charge in [-0.05, 0) is 25.1 Å². The van der Waals surface area contributed by atoms with E-state index in [1.165, 1.54) is 11.3 Å². The summed E-state index contributed by atoms with van der Waals surface area (Å²) in [5.74, 6) is 0. The molecule has 1 aromatic heterocycles. The summed E-state index contributed by atoms with van der Waals surface area (Å²) >= 11 is 1.47. The maximum atomic E-state index is 11.7. The van der Waals surface area contributed by atoms with Crippen LogP contribution >= 0.6 is 11.3 Å². The number of halogens is 1. The van der Waals surface area contributed by atoms with Crippen molar-refractivity contribution in [3.63, 3.8) is 0 Å². The van der Waals surface area contributed by atoms with Gasteiger partial charge in [-0.25, -0.2) is 0 Å². The van der Waals surface area contributed by atoms with Crippen LogP contribution in [0.25, 0.3) is 0 Å². The molecule has 0 aliphatic carbocycles. The Morgan fingerprint density at radius 1 is 1.54 bits per heavy atom. The monoisotopic (exact) mass is 198 g/mol. The van der Waals surface area contributed by atoms with Gasteiger partial charge in [-0.1, -0.05) is 0 Å². The number of thiophene rings is 1. The van der Waals surface area contributed by atoms with Crippen molar-refractivity contribution >= 4 is 11.3 Å². The highest BCUT2D eigenvalue weighted by Crippen LogP contribution is 2.14. The summed E-state index contributed by atoms with van der Waals surface area (Å²) in [6, 6.07) is 5.80. The highest BCUT2D eigenvalue weighted by molar-refractivity contribution is 7.12. The molecule has 0 fully saturated rings. The van der Waals surface area contributed by atoms with Crippen LogP contribution in [0.4, 0.5) is 4.39 Å². The van der Waals surface area contributed by atoms with Crippen LogP contribution in [-0.2, 0) is 6.54 Å². The Labute approximate surface area is 81.0 Å². The second kappa shape index (κ2) is 5.68. The molecule has 1 rings (SSSR count). The first-order valence-corrected chi connectivity index (χ1v) is 4.94. The van der Waals surface area contributed by atoms with Crippen molar-refractivity contribution in [3.8, 4) is 6.07 Å². The molecule has 1 N–H and O–H groups in total. The van der Waals surface area contributed by atoms with Gasteiger partial charge < -0.3 is 5.32 Å². The first kappa shape index (κ1) is 10.2. The maximum Gasteiger partial charge on any atom is 0.110 e. The molecule has 0 saturated carbocycles. The van der Waals surface area contributed by atoms with Crippen molar-refractivity contribution in [3.05, 3.63) is 21.9 Å². The van der Waals surface area contributed by atoms with Gasteiger partial charge in [0.2, 0.25) is 0 Å². The lowest BCUT2D eigenvalue weighted by atomic mass is 10.4. The molecular formula is C9H11FN2S. The Morgan fingerprint density at radius 2 is 2.38 bits per heavy atom. The minimum atomic E-state index is -0.277. The van der Waals surface area contributed by atoms with Crippen molar-refractivity contribution in [1.29, 1.82) is 5.26 Å². The van der Waals surface area contributed by atoms with Crippen LogP contribution in [0.15, 0.2) is 12.1 Å². The summed E-state index contributed by atoms with van der Waals surface area (Å²) in [5.41, 5.74) is 0. The van der Waals surface area contributed by atoms with Crippen LogP contribution in [0.1, 0.15) is 16.2 Å². The van der Waals surface area contributed by atoms with E-state index >= 15 is 0 Å². The third-order valence-corrected chi connectivity index (χ3v) is 2.55. The molecule has 0 saturated heterocycles. The Hall–Kier alpha value is -0.920. The predicted octanol–water partition coefficient (Wildman–Crippen LogP) is 2.07. The molecule has 4 heteroatoms. The van der Waals surface area contributed by atoms with Crippen LogP contribution in [0.5, 0.6) is 0 Å². The highest BCUT2D eigenvalue weighted by Gasteiger charge is 1.97. The fourth-order valence-electron chi connectivity index (χ4n) is 0.936. The third-order valence-electron chi connectivity index (χ3n) is 1.56. The zero-order chi connectivity index (χ0) is 9.52. The molecule has 0 amide bonds. The molecule has 1 aromatic rings. The number of alkyl halides is 1. The van der Waals surface area contributed by atoms with Gasteiger partial charge in [0.25, 0.3) is 0 Å². The van der Waals surface area contributed by atoms with Gasteiger partial charge >= 0.3 is 0 Å². The van der Waals surface area contributed by atoms with Crippen molar-refractivity contribution in [2.75, 3.05) is 13.2 Å². The SMILES string of the molecule is N#Cc1ccc(CNCCCF)s1. The molecule has 2 nitrogen and oxygen atoms in total. The fraction of sp³-hybridized carbons (Fsp3) is 0.444. The topological polar surface area (TPSA) is 35.8 Å². The minimum absolute atomic E-state index is 0.277. The van der Waals surface area contributed by atoms with E-state index in [1.54, 1.807) is 6.07 Å². The number of rotatable bonds is 5. The van der Waals surface area contributed by atoms with Crippen LogP contribution < -0.4 is 5.32 Å². The Morgan fingerprint density at radius 3 is 3.00 bits per heavy atom. The largest absolute Gasteiger partial charge is 0.312 e. The Kier molecular flexibility index (Phi) is 4.44. The van der Waals surface area contributed by atoms with Gasteiger partial charge in [-0.2, -0.15) is 5.26 Å². The van der Waals surface area contributed by atoms with Crippen LogP contribution in [0.2, 0.25) is 0 Å². The van der Waals surface area contributed by atoms with Gasteiger partial charge in [-0.15, -0.1) is 11.3 Å². The van der Waals surface area contributed by atoms with E-state index < -0.39 is 0 Å². The standard InChI is InChI=1S/C9H11FN2S/c10-4-1-5-12-7-9-3-2-8(6-11)13-9/h2-3,12H,1,4-5,7H2. The van der Waals surface area contributed by atoms with Crippen LogP contribution in [0, 0.1) is 11.3 Å². The number of hydrogen-bond acceptors (Lipinski definition) is 3. The van der Waals surface area contributed by atoms with E-state index in [9.17, 15) is 4.39 Å². The lowest BCUT2D eigenvalue weighted by Gasteiger charge is -1.98. The molecule has 70 valence electrons. The van der Waals surface area contributed by atoms with Crippen molar-refractivity contribution in [1.82, 2.24) is 5.32 Å². The van der Waals surface area contributed by atoms with Gasteiger partial charge in [0.15, 0.2) is 0 Å². The van der Waals surface area contributed by atoms with Crippen molar-refractivity contribution < 1.29 is 4.39 Å². The maximum absolute atomic E-state index is 11.7. The summed E-state index contributed by atoms with van der Waals surface area (Å²) < 4.78 is 11.7. The minimum Gasteiger partial charge on any atom is -0.312 e. The Balaban J connectivity index is 2.25. The highest BCUT2D eigenvalue weighted by atomic mass is 32.1. The van der Waals surface area contributed by atoms with E-state index in [4.69, 9.17) is 5.26 Å². The average Bonchev–Trinajstić information content (AvgIpc) is 2.60. The molecule has 0 aliphatic heterocycles. The molecule has 0 unspecified atom stereocenters. The molecule has 13 heavy (non-hydrogen) atoms. The smallest absolute Gasteiger partial charge is 0.110 e. The fourth-order valence-corrected chi connectivity index (χ4v) is 1.71. The molecule has 0 bridgehead atoms. The van der Waals surface area contributed by atoms with Gasteiger partial charge in [-0.3, -0.25) is 4.39 Å². The first-order chi connectivity index (χ1) is 6.36. The van der Waals surface area contributed by atoms with E-state index in [0.29, 0.717) is 13.0 Å². The molecule has 0 aliphatic rings. The lowest BCUT2D eigenvalue weighted by molar-refractivity contribution is 0.459.